The largest absolute Gasteiger partial charge is 0.458 e. The van der Waals surface area contributed by atoms with Crippen LogP contribution in [0.4, 0.5) is 0 Å². The average molecular weight is 779 g/mol. The van der Waals surface area contributed by atoms with Crippen molar-refractivity contribution < 1.29 is 68.0 Å². The fraction of sp³-hybridized carbons (Fsp3) is 0.829. The third-order valence-corrected chi connectivity index (χ3v) is 14.4. The van der Waals surface area contributed by atoms with Crippen molar-refractivity contribution in [3.63, 3.8) is 0 Å². The first-order valence-corrected chi connectivity index (χ1v) is 19.9. The van der Waals surface area contributed by atoms with Crippen molar-refractivity contribution in [3.8, 4) is 0 Å². The second-order valence-electron chi connectivity index (χ2n) is 17.4. The summed E-state index contributed by atoms with van der Waals surface area (Å²) in [6, 6.07) is 0. The lowest BCUT2D eigenvalue weighted by Gasteiger charge is -2.64. The van der Waals surface area contributed by atoms with Crippen LogP contribution >= 0.6 is 0 Å². The number of fused-ring (bicyclic) bond motifs is 5. The zero-order valence-corrected chi connectivity index (χ0v) is 33.6. The molecule has 0 radical (unpaired) electrons. The van der Waals surface area contributed by atoms with E-state index in [1.165, 1.54) is 21.0 Å². The Labute approximate surface area is 323 Å². The molecule has 0 aromatic carbocycles. The molecule has 4 N–H and O–H groups in total. The summed E-state index contributed by atoms with van der Waals surface area (Å²) in [6.07, 6.45) is -3.63. The SMILES string of the molecule is C/C=C(\C)C(=O)O[C@@H]1[C@@H](OC(C)=O)[C@H]2[C@@H](CC=C3C[C@@H](O[C@H]4C[C@@H](O)[C@H](O[C@@H]5O[C@H](C)[C@@H](O)[C@@H](OC)[C@H]5O)[C@@H](C)O4)CC[C@@]32C)[C@@]2(O)CC[C@H](C(C)=O)[C@@]12C. The van der Waals surface area contributed by atoms with Gasteiger partial charge in [0.05, 0.1) is 30.0 Å². The van der Waals surface area contributed by atoms with Crippen LogP contribution < -0.4 is 0 Å². The monoisotopic (exact) mass is 778 g/mol. The van der Waals surface area contributed by atoms with Crippen LogP contribution in [0.2, 0.25) is 0 Å². The molecule has 4 aliphatic carbocycles. The number of hydrogen-bond acceptors (Lipinski definition) is 14. The molecule has 5 fully saturated rings. The van der Waals surface area contributed by atoms with Gasteiger partial charge < -0.3 is 53.6 Å². The van der Waals surface area contributed by atoms with E-state index >= 15 is 0 Å². The average Bonchev–Trinajstić information content (AvgIpc) is 3.41. The maximum absolute atomic E-state index is 13.5. The third-order valence-electron chi connectivity index (χ3n) is 14.4. The Morgan fingerprint density at radius 3 is 2.24 bits per heavy atom. The zero-order valence-electron chi connectivity index (χ0n) is 33.6. The minimum absolute atomic E-state index is 0.102. The van der Waals surface area contributed by atoms with Crippen molar-refractivity contribution in [1.82, 2.24) is 0 Å². The lowest BCUT2D eigenvalue weighted by Crippen LogP contribution is -2.72. The topological polar surface area (TPSA) is 197 Å². The van der Waals surface area contributed by atoms with Gasteiger partial charge in [-0.3, -0.25) is 9.59 Å². The predicted octanol–water partition coefficient (Wildman–Crippen LogP) is 3.05. The number of rotatable bonds is 9. The fourth-order valence-corrected chi connectivity index (χ4v) is 11.3. The third kappa shape index (κ3) is 7.15. The van der Waals surface area contributed by atoms with Crippen molar-refractivity contribution in [3.05, 3.63) is 23.3 Å². The Balaban J connectivity index is 1.21. The van der Waals surface area contributed by atoms with E-state index in [1.54, 1.807) is 33.8 Å². The van der Waals surface area contributed by atoms with Gasteiger partial charge in [0.2, 0.25) is 0 Å². The molecule has 14 nitrogen and oxygen atoms in total. The maximum atomic E-state index is 13.5. The van der Waals surface area contributed by atoms with Gasteiger partial charge in [-0.05, 0) is 84.5 Å². The van der Waals surface area contributed by atoms with Crippen molar-refractivity contribution >= 4 is 17.7 Å². The van der Waals surface area contributed by atoms with Gasteiger partial charge in [0.25, 0.3) is 0 Å². The van der Waals surface area contributed by atoms with Crippen LogP contribution in [0.5, 0.6) is 0 Å². The first-order valence-electron chi connectivity index (χ1n) is 19.9. The van der Waals surface area contributed by atoms with Crippen LogP contribution in [-0.4, -0.2) is 124 Å². The number of ether oxygens (including phenoxy) is 7. The summed E-state index contributed by atoms with van der Waals surface area (Å²) in [5.74, 6) is -2.61. The van der Waals surface area contributed by atoms with Crippen molar-refractivity contribution in [2.24, 2.45) is 28.6 Å². The first kappa shape index (κ1) is 42.3. The predicted molar refractivity (Wildman–Crippen MR) is 195 cm³/mol. The molecule has 14 heteroatoms. The van der Waals surface area contributed by atoms with Gasteiger partial charge in [-0.15, -0.1) is 0 Å². The molecule has 18 atom stereocenters. The standard InChI is InChI=1S/C41H62O14/c1-10-19(2)37(47)55-36-34(52-23(6)43)30-27(41(48)16-14-26(20(3)42)40(36,41)8)12-11-24-17-25(13-15-39(24,30)7)53-29-18-28(44)33(22(5)50-29)54-38-32(46)35(49-9)31(45)21(4)51-38/h10-11,21-22,25-36,38,44-46,48H,12-18H2,1-9H3/b19-10+/t21-,22-,25+,26-,27-,28-,29+,30-,31-,32-,33-,34+,35-,36-,38+,39+,40+,41+/m1/s1. The minimum atomic E-state index is -1.38. The molecule has 2 aliphatic heterocycles. The number of esters is 2. The molecule has 0 aromatic heterocycles. The number of hydrogen-bond donors (Lipinski definition) is 4. The fourth-order valence-electron chi connectivity index (χ4n) is 11.3. The van der Waals surface area contributed by atoms with E-state index in [1.807, 2.05) is 6.92 Å². The molecule has 0 bridgehead atoms. The van der Waals surface area contributed by atoms with Crippen molar-refractivity contribution in [2.45, 2.75) is 180 Å². The van der Waals surface area contributed by atoms with E-state index in [4.69, 9.17) is 33.2 Å². The highest BCUT2D eigenvalue weighted by atomic mass is 16.7. The molecule has 6 rings (SSSR count). The van der Waals surface area contributed by atoms with Gasteiger partial charge >= 0.3 is 11.9 Å². The number of Topliss-reactive ketones (excluding diaryl/α,β-unsaturated/α-hetero) is 1. The quantitative estimate of drug-likeness (QED) is 0.151. The van der Waals surface area contributed by atoms with Gasteiger partial charge in [0.1, 0.15) is 42.4 Å². The van der Waals surface area contributed by atoms with Crippen LogP contribution in [0.25, 0.3) is 0 Å². The molecular formula is C41H62O14. The zero-order chi connectivity index (χ0) is 40.4. The normalized spacial score (nSPS) is 48.5. The molecule has 2 saturated heterocycles. The first-order chi connectivity index (χ1) is 25.8. The van der Waals surface area contributed by atoms with Gasteiger partial charge in [0.15, 0.2) is 12.6 Å². The molecule has 0 aromatic rings. The number of methoxy groups -OCH3 is 1. The van der Waals surface area contributed by atoms with E-state index in [9.17, 15) is 34.8 Å². The van der Waals surface area contributed by atoms with Crippen LogP contribution in [0, 0.1) is 28.6 Å². The molecule has 0 spiro atoms. The Morgan fingerprint density at radius 1 is 0.909 bits per heavy atom. The molecule has 310 valence electrons. The number of allylic oxidation sites excluding steroid dienone is 2. The van der Waals surface area contributed by atoms with Gasteiger partial charge in [-0.25, -0.2) is 4.79 Å². The van der Waals surface area contributed by atoms with E-state index in [-0.39, 0.29) is 24.2 Å². The number of ketones is 1. The summed E-state index contributed by atoms with van der Waals surface area (Å²) in [6.45, 7) is 13.6. The summed E-state index contributed by atoms with van der Waals surface area (Å²) in [5, 5.41) is 45.2. The molecule has 2 heterocycles. The minimum Gasteiger partial charge on any atom is -0.458 e. The van der Waals surface area contributed by atoms with Crippen LogP contribution in [0.1, 0.15) is 100 Å². The molecule has 0 unspecified atom stereocenters. The molecular weight excluding hydrogens is 716 g/mol. The van der Waals surface area contributed by atoms with Crippen molar-refractivity contribution in [1.29, 1.82) is 0 Å². The lowest BCUT2D eigenvalue weighted by molar-refractivity contribution is -0.341. The van der Waals surface area contributed by atoms with E-state index < -0.39 is 108 Å². The van der Waals surface area contributed by atoms with Gasteiger partial charge in [-0.1, -0.05) is 31.6 Å². The highest BCUT2D eigenvalue weighted by molar-refractivity contribution is 5.88. The second kappa shape index (κ2) is 15.8. The van der Waals surface area contributed by atoms with E-state index in [2.05, 4.69) is 13.0 Å². The lowest BCUT2D eigenvalue weighted by atomic mass is 9.44. The summed E-state index contributed by atoms with van der Waals surface area (Å²) in [5.41, 5.74) is -1.69. The van der Waals surface area contributed by atoms with Crippen LogP contribution in [-0.2, 0) is 47.5 Å². The number of aliphatic hydroxyl groups is 4. The molecule has 3 saturated carbocycles. The van der Waals surface area contributed by atoms with Crippen LogP contribution in [0.3, 0.4) is 0 Å². The summed E-state index contributed by atoms with van der Waals surface area (Å²) >= 11 is 0. The Hall–Kier alpha value is -2.27. The summed E-state index contributed by atoms with van der Waals surface area (Å²) in [4.78, 5) is 39.6. The second-order valence-corrected chi connectivity index (χ2v) is 17.4. The summed E-state index contributed by atoms with van der Waals surface area (Å²) in [7, 11) is 1.39. The number of carbonyl (C=O) groups is 3. The van der Waals surface area contributed by atoms with Gasteiger partial charge in [0, 0.05) is 43.3 Å². The Bertz CT molecular complexity index is 1520. The Morgan fingerprint density at radius 2 is 1.62 bits per heavy atom. The number of carbonyl (C=O) groups excluding carboxylic acids is 3. The maximum Gasteiger partial charge on any atom is 0.333 e. The van der Waals surface area contributed by atoms with E-state index in [0.29, 0.717) is 44.1 Å². The summed E-state index contributed by atoms with van der Waals surface area (Å²) < 4.78 is 42.3. The van der Waals surface area contributed by atoms with E-state index in [0.717, 1.165) is 5.57 Å². The van der Waals surface area contributed by atoms with Gasteiger partial charge in [-0.2, -0.15) is 0 Å². The molecule has 6 aliphatic rings. The Kier molecular flexibility index (Phi) is 12.2. The molecule has 0 amide bonds. The highest BCUT2D eigenvalue weighted by Crippen LogP contribution is 2.69. The number of aliphatic hydroxyl groups excluding tert-OH is 3. The van der Waals surface area contributed by atoms with Crippen molar-refractivity contribution in [2.75, 3.05) is 7.11 Å². The smallest absolute Gasteiger partial charge is 0.333 e. The molecule has 55 heavy (non-hydrogen) atoms. The van der Waals surface area contributed by atoms with Crippen LogP contribution in [0.15, 0.2) is 23.3 Å². The highest BCUT2D eigenvalue weighted by Gasteiger charge is 2.75.